The number of hydrogen-bond acceptors (Lipinski definition) is 2. The lowest BCUT2D eigenvalue weighted by molar-refractivity contribution is -0.151. The van der Waals surface area contributed by atoms with Gasteiger partial charge in [-0.3, -0.25) is 4.79 Å². The molecule has 1 heterocycles. The minimum Gasteiger partial charge on any atom is -0.459 e. The number of rotatable bonds is 1. The van der Waals surface area contributed by atoms with Crippen LogP contribution in [0.25, 0.3) is 0 Å². The predicted molar refractivity (Wildman–Crippen MR) is 54.9 cm³/mol. The summed E-state index contributed by atoms with van der Waals surface area (Å²) in [4.78, 5) is 11.1. The maximum absolute atomic E-state index is 11.1. The Balaban J connectivity index is 1.92. The molecule has 1 saturated carbocycles. The molecule has 1 aliphatic heterocycles. The molecule has 0 unspecified atom stereocenters. The molecule has 2 rings (SSSR count). The molecular weight excluding hydrogens is 176 g/mol. The maximum atomic E-state index is 11.1. The van der Waals surface area contributed by atoms with Crippen molar-refractivity contribution >= 4 is 5.97 Å². The van der Waals surface area contributed by atoms with Gasteiger partial charge in [0.1, 0.15) is 5.60 Å². The molecule has 0 aromatic rings. The Morgan fingerprint density at radius 2 is 1.93 bits per heavy atom. The number of carbonyl (C=O) groups excluding carboxylic acids is 1. The van der Waals surface area contributed by atoms with Crippen LogP contribution in [-0.2, 0) is 9.53 Å². The van der Waals surface area contributed by atoms with Crippen LogP contribution in [-0.4, -0.2) is 11.6 Å². The van der Waals surface area contributed by atoms with E-state index < -0.39 is 0 Å². The highest BCUT2D eigenvalue weighted by Crippen LogP contribution is 2.43. The second-order valence-electron chi connectivity index (χ2n) is 5.24. The summed E-state index contributed by atoms with van der Waals surface area (Å²) in [5.74, 6) is 1.65. The Bertz CT molecular complexity index is 224. The Kier molecular flexibility index (Phi) is 2.54. The van der Waals surface area contributed by atoms with E-state index in [1.807, 2.05) is 0 Å². The second-order valence-corrected chi connectivity index (χ2v) is 5.24. The zero-order valence-corrected chi connectivity index (χ0v) is 9.21. The van der Waals surface area contributed by atoms with E-state index in [0.29, 0.717) is 6.42 Å². The smallest absolute Gasteiger partial charge is 0.306 e. The van der Waals surface area contributed by atoms with E-state index in [4.69, 9.17) is 4.74 Å². The molecule has 2 heteroatoms. The molecule has 0 bridgehead atoms. The lowest BCUT2D eigenvalue weighted by Crippen LogP contribution is -2.34. The quantitative estimate of drug-likeness (QED) is 0.603. The van der Waals surface area contributed by atoms with E-state index in [0.717, 1.165) is 31.1 Å². The first-order valence-corrected chi connectivity index (χ1v) is 5.83. The van der Waals surface area contributed by atoms with Crippen molar-refractivity contribution < 1.29 is 9.53 Å². The fourth-order valence-corrected chi connectivity index (χ4v) is 2.86. The first kappa shape index (κ1) is 10.0. The minimum absolute atomic E-state index is 0.0213. The van der Waals surface area contributed by atoms with E-state index in [1.165, 1.54) is 12.8 Å². The van der Waals surface area contributed by atoms with E-state index in [1.54, 1.807) is 0 Å². The first-order chi connectivity index (χ1) is 6.61. The van der Waals surface area contributed by atoms with Crippen LogP contribution in [0, 0.1) is 11.8 Å². The molecule has 1 aliphatic carbocycles. The highest BCUT2D eigenvalue weighted by Gasteiger charge is 2.43. The molecule has 1 saturated heterocycles. The third kappa shape index (κ3) is 1.79. The molecule has 0 aromatic carbocycles. The third-order valence-electron chi connectivity index (χ3n) is 4.00. The van der Waals surface area contributed by atoms with Gasteiger partial charge in [-0.1, -0.05) is 13.8 Å². The zero-order valence-electron chi connectivity index (χ0n) is 9.21. The number of esters is 1. The molecule has 2 fully saturated rings. The number of hydrogen-bond donors (Lipinski definition) is 0. The van der Waals surface area contributed by atoms with Crippen molar-refractivity contribution in [1.82, 2.24) is 0 Å². The van der Waals surface area contributed by atoms with Crippen LogP contribution in [0.5, 0.6) is 0 Å². The van der Waals surface area contributed by atoms with Gasteiger partial charge >= 0.3 is 5.97 Å². The van der Waals surface area contributed by atoms with Gasteiger partial charge in [-0.05, 0) is 43.9 Å². The summed E-state index contributed by atoms with van der Waals surface area (Å²) in [7, 11) is 0. The van der Waals surface area contributed by atoms with Crippen molar-refractivity contribution in [3.05, 3.63) is 0 Å². The van der Waals surface area contributed by atoms with Crippen LogP contribution in [0.2, 0.25) is 0 Å². The van der Waals surface area contributed by atoms with Crippen molar-refractivity contribution in [3.63, 3.8) is 0 Å². The SMILES string of the molecule is CC(C)C1CCC2(CCC(=O)O2)CC1. The van der Waals surface area contributed by atoms with Crippen LogP contribution in [0.15, 0.2) is 0 Å². The van der Waals surface area contributed by atoms with Crippen LogP contribution < -0.4 is 0 Å². The van der Waals surface area contributed by atoms with Gasteiger partial charge in [0, 0.05) is 6.42 Å². The molecular formula is C12H20O2. The molecule has 0 radical (unpaired) electrons. The van der Waals surface area contributed by atoms with Crippen molar-refractivity contribution in [2.45, 2.75) is 58.0 Å². The summed E-state index contributed by atoms with van der Waals surface area (Å²) in [5, 5.41) is 0. The topological polar surface area (TPSA) is 26.3 Å². The molecule has 2 nitrogen and oxygen atoms in total. The van der Waals surface area contributed by atoms with Gasteiger partial charge in [-0.2, -0.15) is 0 Å². The number of carbonyl (C=O) groups is 1. The molecule has 14 heavy (non-hydrogen) atoms. The van der Waals surface area contributed by atoms with E-state index in [-0.39, 0.29) is 11.6 Å². The van der Waals surface area contributed by atoms with Gasteiger partial charge in [-0.15, -0.1) is 0 Å². The summed E-state index contributed by atoms with van der Waals surface area (Å²) in [5.41, 5.74) is -0.0392. The van der Waals surface area contributed by atoms with Crippen LogP contribution in [0.3, 0.4) is 0 Å². The largest absolute Gasteiger partial charge is 0.459 e. The van der Waals surface area contributed by atoms with Gasteiger partial charge < -0.3 is 4.74 Å². The monoisotopic (exact) mass is 196 g/mol. The normalized spacial score (nSPS) is 37.9. The molecule has 0 amide bonds. The average Bonchev–Trinajstić information content (AvgIpc) is 2.48. The molecule has 80 valence electrons. The van der Waals surface area contributed by atoms with E-state index >= 15 is 0 Å². The van der Waals surface area contributed by atoms with Gasteiger partial charge in [0.05, 0.1) is 0 Å². The fourth-order valence-electron chi connectivity index (χ4n) is 2.86. The van der Waals surface area contributed by atoms with Crippen LogP contribution in [0.4, 0.5) is 0 Å². The standard InChI is InChI=1S/C12H20O2/c1-9(2)10-3-6-12(7-4-10)8-5-11(13)14-12/h9-10H,3-8H2,1-2H3. The van der Waals surface area contributed by atoms with Gasteiger partial charge in [0.2, 0.25) is 0 Å². The third-order valence-corrected chi connectivity index (χ3v) is 4.00. The molecule has 1 spiro atoms. The van der Waals surface area contributed by atoms with E-state index in [2.05, 4.69) is 13.8 Å². The predicted octanol–water partition coefficient (Wildman–Crippen LogP) is 2.91. The lowest BCUT2D eigenvalue weighted by Gasteiger charge is -2.37. The van der Waals surface area contributed by atoms with Crippen molar-refractivity contribution in [3.8, 4) is 0 Å². The summed E-state index contributed by atoms with van der Waals surface area (Å²) in [6.07, 6.45) is 6.29. The van der Waals surface area contributed by atoms with Crippen LogP contribution >= 0.6 is 0 Å². The maximum Gasteiger partial charge on any atom is 0.306 e. The minimum atomic E-state index is -0.0392. The summed E-state index contributed by atoms with van der Waals surface area (Å²) < 4.78 is 5.48. The summed E-state index contributed by atoms with van der Waals surface area (Å²) >= 11 is 0. The van der Waals surface area contributed by atoms with Crippen LogP contribution in [0.1, 0.15) is 52.4 Å². The Labute approximate surface area is 86.0 Å². The van der Waals surface area contributed by atoms with Crippen molar-refractivity contribution in [1.29, 1.82) is 0 Å². The van der Waals surface area contributed by atoms with Crippen molar-refractivity contribution in [2.75, 3.05) is 0 Å². The first-order valence-electron chi connectivity index (χ1n) is 5.83. The highest BCUT2D eigenvalue weighted by molar-refractivity contribution is 5.72. The second kappa shape index (κ2) is 3.56. The van der Waals surface area contributed by atoms with Gasteiger partial charge in [0.25, 0.3) is 0 Å². The van der Waals surface area contributed by atoms with E-state index in [9.17, 15) is 4.79 Å². The highest BCUT2D eigenvalue weighted by atomic mass is 16.6. The van der Waals surface area contributed by atoms with Crippen molar-refractivity contribution in [2.24, 2.45) is 11.8 Å². The summed E-state index contributed by atoms with van der Waals surface area (Å²) in [6, 6.07) is 0. The fraction of sp³-hybridized carbons (Fsp3) is 0.917. The summed E-state index contributed by atoms with van der Waals surface area (Å²) in [6.45, 7) is 4.59. The Hall–Kier alpha value is -0.530. The Morgan fingerprint density at radius 1 is 1.29 bits per heavy atom. The molecule has 2 aliphatic rings. The van der Waals surface area contributed by atoms with Gasteiger partial charge in [-0.25, -0.2) is 0 Å². The molecule has 0 N–H and O–H groups in total. The number of ether oxygens (including phenoxy) is 1. The zero-order chi connectivity index (χ0) is 10.2. The lowest BCUT2D eigenvalue weighted by atomic mass is 9.74. The molecule has 0 aromatic heterocycles. The van der Waals surface area contributed by atoms with Gasteiger partial charge in [0.15, 0.2) is 0 Å². The average molecular weight is 196 g/mol. The Morgan fingerprint density at radius 3 is 2.36 bits per heavy atom. The molecule has 0 atom stereocenters.